The molecule has 2 heterocycles. The van der Waals surface area contributed by atoms with Crippen LogP contribution in [0.15, 0.2) is 51.4 Å². The van der Waals surface area contributed by atoms with E-state index in [0.29, 0.717) is 17.9 Å². The minimum Gasteiger partial charge on any atom is -0.467 e. The molecule has 3 rings (SSSR count). The molecular weight excluding hydrogens is 346 g/mol. The van der Waals surface area contributed by atoms with Crippen LogP contribution in [0.25, 0.3) is 0 Å². The summed E-state index contributed by atoms with van der Waals surface area (Å²) in [6, 6.07) is 11.1. The van der Waals surface area contributed by atoms with Crippen LogP contribution in [0, 0.1) is 0 Å². The lowest BCUT2D eigenvalue weighted by Gasteiger charge is -2.02. The van der Waals surface area contributed by atoms with E-state index in [4.69, 9.17) is 9.15 Å². The minimum atomic E-state index is -0.331. The average molecular weight is 361 g/mol. The molecule has 0 radical (unpaired) electrons. The van der Waals surface area contributed by atoms with Crippen LogP contribution in [-0.2, 0) is 17.0 Å². The van der Waals surface area contributed by atoms with Gasteiger partial charge in [0.25, 0.3) is 0 Å². The van der Waals surface area contributed by atoms with Gasteiger partial charge in [0.15, 0.2) is 4.34 Å². The number of benzene rings is 1. The Morgan fingerprint density at radius 1 is 1.33 bits per heavy atom. The Kier molecular flexibility index (Phi) is 5.50. The topological polar surface area (TPSA) is 77.2 Å². The SMILES string of the molecule is COC(=O)c1cccc(CSc2nnc(NCc3ccco3)s2)c1. The highest BCUT2D eigenvalue weighted by atomic mass is 32.2. The Morgan fingerprint density at radius 3 is 3.04 bits per heavy atom. The molecule has 8 heteroatoms. The van der Waals surface area contributed by atoms with Crippen molar-refractivity contribution in [3.8, 4) is 0 Å². The molecule has 6 nitrogen and oxygen atoms in total. The smallest absolute Gasteiger partial charge is 0.337 e. The number of nitrogens with one attached hydrogen (secondary N) is 1. The van der Waals surface area contributed by atoms with Gasteiger partial charge in [-0.05, 0) is 29.8 Å². The highest BCUT2D eigenvalue weighted by Crippen LogP contribution is 2.28. The number of methoxy groups -OCH3 is 1. The van der Waals surface area contributed by atoms with Gasteiger partial charge in [0, 0.05) is 5.75 Å². The molecule has 0 saturated carbocycles. The third kappa shape index (κ3) is 4.36. The second-order valence-corrected chi connectivity index (χ2v) is 6.99. The number of hydrogen-bond acceptors (Lipinski definition) is 8. The maximum Gasteiger partial charge on any atom is 0.337 e. The van der Waals surface area contributed by atoms with E-state index in [1.165, 1.54) is 18.4 Å². The van der Waals surface area contributed by atoms with E-state index in [1.807, 2.05) is 30.3 Å². The lowest BCUT2D eigenvalue weighted by molar-refractivity contribution is 0.0600. The van der Waals surface area contributed by atoms with Gasteiger partial charge in [-0.1, -0.05) is 35.2 Å². The van der Waals surface area contributed by atoms with Gasteiger partial charge in [-0.2, -0.15) is 0 Å². The van der Waals surface area contributed by atoms with Crippen molar-refractivity contribution >= 4 is 34.2 Å². The van der Waals surface area contributed by atoms with Crippen LogP contribution < -0.4 is 5.32 Å². The van der Waals surface area contributed by atoms with E-state index in [9.17, 15) is 4.79 Å². The van der Waals surface area contributed by atoms with Crippen LogP contribution in [0.5, 0.6) is 0 Å². The summed E-state index contributed by atoms with van der Waals surface area (Å²) in [5.41, 5.74) is 1.58. The number of aromatic nitrogens is 2. The molecule has 1 aromatic carbocycles. The molecule has 3 aromatic rings. The first kappa shape index (κ1) is 16.5. The molecule has 0 unspecified atom stereocenters. The van der Waals surface area contributed by atoms with E-state index in [-0.39, 0.29) is 5.97 Å². The van der Waals surface area contributed by atoms with Crippen molar-refractivity contribution in [2.75, 3.05) is 12.4 Å². The van der Waals surface area contributed by atoms with E-state index in [2.05, 4.69) is 15.5 Å². The van der Waals surface area contributed by atoms with Gasteiger partial charge in [0.05, 0.1) is 25.5 Å². The zero-order valence-electron chi connectivity index (χ0n) is 12.9. The summed E-state index contributed by atoms with van der Waals surface area (Å²) < 4.78 is 10.9. The minimum absolute atomic E-state index is 0.331. The first-order valence-corrected chi connectivity index (χ1v) is 8.94. The molecule has 0 saturated heterocycles. The van der Waals surface area contributed by atoms with Crippen molar-refractivity contribution in [3.05, 3.63) is 59.5 Å². The number of furan rings is 1. The van der Waals surface area contributed by atoms with E-state index >= 15 is 0 Å². The summed E-state index contributed by atoms with van der Waals surface area (Å²) in [6.07, 6.45) is 1.64. The van der Waals surface area contributed by atoms with Crippen molar-refractivity contribution in [1.29, 1.82) is 0 Å². The maximum absolute atomic E-state index is 11.5. The number of hydrogen-bond donors (Lipinski definition) is 1. The Labute approximate surface area is 147 Å². The molecule has 0 atom stereocenters. The predicted molar refractivity (Wildman–Crippen MR) is 93.3 cm³/mol. The Hall–Kier alpha value is -2.32. The van der Waals surface area contributed by atoms with Crippen molar-refractivity contribution < 1.29 is 13.9 Å². The summed E-state index contributed by atoms with van der Waals surface area (Å²) in [5, 5.41) is 12.2. The monoisotopic (exact) mass is 361 g/mol. The number of carbonyl (C=O) groups is 1. The first-order chi connectivity index (χ1) is 11.7. The molecule has 1 N–H and O–H groups in total. The number of esters is 1. The van der Waals surface area contributed by atoms with Gasteiger partial charge in [0.1, 0.15) is 5.76 Å². The van der Waals surface area contributed by atoms with Gasteiger partial charge < -0.3 is 14.5 Å². The van der Waals surface area contributed by atoms with Gasteiger partial charge in [-0.3, -0.25) is 0 Å². The van der Waals surface area contributed by atoms with Gasteiger partial charge >= 0.3 is 5.97 Å². The number of ether oxygens (including phenoxy) is 1. The molecule has 0 fully saturated rings. The highest BCUT2D eigenvalue weighted by molar-refractivity contribution is 8.00. The molecule has 124 valence electrons. The summed E-state index contributed by atoms with van der Waals surface area (Å²) in [7, 11) is 1.38. The third-order valence-electron chi connectivity index (χ3n) is 3.11. The number of thioether (sulfide) groups is 1. The molecule has 0 bridgehead atoms. The van der Waals surface area contributed by atoms with Crippen molar-refractivity contribution in [1.82, 2.24) is 10.2 Å². The fraction of sp³-hybridized carbons (Fsp3) is 0.188. The van der Waals surface area contributed by atoms with Crippen molar-refractivity contribution in [2.45, 2.75) is 16.6 Å². The van der Waals surface area contributed by atoms with Gasteiger partial charge in [-0.25, -0.2) is 4.79 Å². The fourth-order valence-corrected chi connectivity index (χ4v) is 3.66. The van der Waals surface area contributed by atoms with Crippen LogP contribution in [-0.4, -0.2) is 23.3 Å². The van der Waals surface area contributed by atoms with E-state index < -0.39 is 0 Å². The summed E-state index contributed by atoms with van der Waals surface area (Å²) in [5.74, 6) is 1.22. The average Bonchev–Trinajstić information content (AvgIpc) is 3.29. The molecule has 24 heavy (non-hydrogen) atoms. The summed E-state index contributed by atoms with van der Waals surface area (Å²) in [4.78, 5) is 11.5. The number of nitrogens with zero attached hydrogens (tertiary/aromatic N) is 2. The fourth-order valence-electron chi connectivity index (χ4n) is 1.97. The molecule has 0 amide bonds. The van der Waals surface area contributed by atoms with Crippen LogP contribution in [0.2, 0.25) is 0 Å². The quantitative estimate of drug-likeness (QED) is 0.506. The molecule has 0 spiro atoms. The molecular formula is C16H15N3O3S2. The second kappa shape index (κ2) is 7.98. The number of carbonyl (C=O) groups excluding carboxylic acids is 1. The van der Waals surface area contributed by atoms with Crippen LogP contribution in [0.3, 0.4) is 0 Å². The highest BCUT2D eigenvalue weighted by Gasteiger charge is 2.08. The van der Waals surface area contributed by atoms with Crippen LogP contribution >= 0.6 is 23.1 Å². The largest absolute Gasteiger partial charge is 0.467 e. The van der Waals surface area contributed by atoms with E-state index in [0.717, 1.165) is 20.8 Å². The van der Waals surface area contributed by atoms with Crippen LogP contribution in [0.4, 0.5) is 5.13 Å². The van der Waals surface area contributed by atoms with Crippen molar-refractivity contribution in [3.63, 3.8) is 0 Å². The van der Waals surface area contributed by atoms with Gasteiger partial charge in [-0.15, -0.1) is 10.2 Å². The van der Waals surface area contributed by atoms with Gasteiger partial charge in [0.2, 0.25) is 5.13 Å². The van der Waals surface area contributed by atoms with E-state index in [1.54, 1.807) is 24.1 Å². The third-order valence-corrected chi connectivity index (χ3v) is 5.20. The molecule has 0 aliphatic rings. The van der Waals surface area contributed by atoms with Crippen LogP contribution in [0.1, 0.15) is 21.7 Å². The molecule has 2 aromatic heterocycles. The normalized spacial score (nSPS) is 10.5. The second-order valence-electron chi connectivity index (χ2n) is 4.79. The Bertz CT molecular complexity index is 803. The summed E-state index contributed by atoms with van der Waals surface area (Å²) in [6.45, 7) is 0.577. The predicted octanol–water partition coefficient (Wildman–Crippen LogP) is 3.82. The van der Waals surface area contributed by atoms with Crippen molar-refractivity contribution in [2.24, 2.45) is 0 Å². The molecule has 0 aliphatic heterocycles. The lowest BCUT2D eigenvalue weighted by atomic mass is 10.1. The Balaban J connectivity index is 1.54. The Morgan fingerprint density at radius 2 is 2.25 bits per heavy atom. The lowest BCUT2D eigenvalue weighted by Crippen LogP contribution is -2.01. The first-order valence-electron chi connectivity index (χ1n) is 7.14. The number of rotatable bonds is 7. The summed E-state index contributed by atoms with van der Waals surface area (Å²) >= 11 is 3.06. The number of anilines is 1. The molecule has 0 aliphatic carbocycles. The maximum atomic E-state index is 11.5. The standard InChI is InChI=1S/C16H15N3O3S2/c1-21-14(20)12-5-2-4-11(8-12)10-23-16-19-18-15(24-16)17-9-13-6-3-7-22-13/h2-8H,9-10H2,1H3,(H,17,18). The zero-order chi connectivity index (χ0) is 16.8. The zero-order valence-corrected chi connectivity index (χ0v) is 14.5.